The van der Waals surface area contributed by atoms with E-state index in [1.165, 1.54) is 0 Å². The first-order valence-electron chi connectivity index (χ1n) is 9.85. The molecule has 6 nitrogen and oxygen atoms in total. The molecule has 0 unspecified atom stereocenters. The Morgan fingerprint density at radius 2 is 1.41 bits per heavy atom. The van der Waals surface area contributed by atoms with Crippen LogP contribution < -0.4 is 10.6 Å². The summed E-state index contributed by atoms with van der Waals surface area (Å²) in [5, 5.41) is 5.82. The molecule has 158 valence electrons. The van der Waals surface area contributed by atoms with Gasteiger partial charge < -0.3 is 18.9 Å². The number of carbonyl (C=O) groups is 2. The van der Waals surface area contributed by atoms with E-state index < -0.39 is 26.6 Å². The number of amides is 2. The zero-order valence-corrected chi connectivity index (χ0v) is 21.8. The Labute approximate surface area is 170 Å². The predicted octanol–water partition coefficient (Wildman–Crippen LogP) is 2.67. The quantitative estimate of drug-likeness (QED) is 0.251. The Morgan fingerprint density at radius 1 is 0.963 bits per heavy atom. The number of carbonyl (C=O) groups excluding carboxylic acids is 2. The highest BCUT2D eigenvalue weighted by Gasteiger charge is 2.26. The maximum atomic E-state index is 11.6. The molecule has 0 aromatic heterocycles. The van der Waals surface area contributed by atoms with Gasteiger partial charge in [-0.2, -0.15) is 0 Å². The number of hydrogen-bond donors (Lipinski definition) is 2. The van der Waals surface area contributed by atoms with Crippen LogP contribution in [0.1, 0.15) is 33.6 Å². The van der Waals surface area contributed by atoms with E-state index in [9.17, 15) is 9.59 Å². The fourth-order valence-electron chi connectivity index (χ4n) is 2.29. The van der Waals surface area contributed by atoms with E-state index in [-0.39, 0.29) is 17.7 Å². The lowest BCUT2D eigenvalue weighted by atomic mass is 10.2. The Balaban J connectivity index is 3.97. The van der Waals surface area contributed by atoms with E-state index in [1.807, 2.05) is 13.8 Å². The van der Waals surface area contributed by atoms with Crippen molar-refractivity contribution in [2.75, 3.05) is 13.1 Å². The summed E-state index contributed by atoms with van der Waals surface area (Å²) < 4.78 is 12.4. The van der Waals surface area contributed by atoms with Gasteiger partial charge in [0.2, 0.25) is 11.8 Å². The summed E-state index contributed by atoms with van der Waals surface area (Å²) in [7, 11) is -4.45. The van der Waals surface area contributed by atoms with E-state index >= 15 is 0 Å². The van der Waals surface area contributed by atoms with Gasteiger partial charge in [0.15, 0.2) is 16.6 Å². The molecule has 0 spiro atoms. The second kappa shape index (κ2) is 12.7. The summed E-state index contributed by atoms with van der Waals surface area (Å²) in [6.45, 7) is 19.4. The average Bonchev–Trinajstić information content (AvgIpc) is 2.54. The standard InChI is InChI=1S/C18H40N2O4Si3/c1-15(2)17(21)19-11-9-13-26(5,6)23-25-24-27(7,8)14-10-12-20-18(22)16(3)4/h16H,1,9-14,25H2,2-8H3,(H,19,21)(H,20,22). The molecule has 0 bridgehead atoms. The summed E-state index contributed by atoms with van der Waals surface area (Å²) in [6.07, 6.45) is 1.87. The van der Waals surface area contributed by atoms with Crippen molar-refractivity contribution < 1.29 is 17.8 Å². The monoisotopic (exact) mass is 432 g/mol. The topological polar surface area (TPSA) is 76.7 Å². The van der Waals surface area contributed by atoms with Gasteiger partial charge in [-0.3, -0.25) is 9.59 Å². The first-order chi connectivity index (χ1) is 12.4. The van der Waals surface area contributed by atoms with Crippen molar-refractivity contribution in [2.24, 2.45) is 5.92 Å². The highest BCUT2D eigenvalue weighted by Crippen LogP contribution is 2.16. The first kappa shape index (κ1) is 26.3. The molecule has 0 aromatic carbocycles. The Bertz CT molecular complexity index is 497. The minimum atomic E-state index is -1.74. The van der Waals surface area contributed by atoms with Crippen molar-refractivity contribution in [1.29, 1.82) is 0 Å². The van der Waals surface area contributed by atoms with E-state index in [0.29, 0.717) is 12.1 Å². The zero-order chi connectivity index (χ0) is 21.1. The van der Waals surface area contributed by atoms with E-state index in [0.717, 1.165) is 31.5 Å². The van der Waals surface area contributed by atoms with Crippen LogP contribution in [0.25, 0.3) is 0 Å². The van der Waals surface area contributed by atoms with Crippen molar-refractivity contribution in [3.05, 3.63) is 12.2 Å². The van der Waals surface area contributed by atoms with Crippen molar-refractivity contribution >= 4 is 38.5 Å². The van der Waals surface area contributed by atoms with Gasteiger partial charge in [-0.15, -0.1) is 0 Å². The van der Waals surface area contributed by atoms with Crippen LogP contribution in [0.15, 0.2) is 12.2 Å². The second-order valence-electron chi connectivity index (χ2n) is 8.61. The highest BCUT2D eigenvalue weighted by atomic mass is 28.4. The SMILES string of the molecule is C=C(C)C(=O)NCCC[Si](C)(C)O[SiH2]O[Si](C)(C)CCCNC(=O)C(C)C. The lowest BCUT2D eigenvalue weighted by molar-refractivity contribution is -0.124. The van der Waals surface area contributed by atoms with Gasteiger partial charge >= 0.3 is 0 Å². The summed E-state index contributed by atoms with van der Waals surface area (Å²) >= 11 is 0. The van der Waals surface area contributed by atoms with E-state index in [2.05, 4.69) is 43.4 Å². The minimum absolute atomic E-state index is 0.0358. The molecule has 9 heteroatoms. The molecular weight excluding hydrogens is 392 g/mol. The molecule has 0 heterocycles. The smallest absolute Gasteiger partial charge is 0.283 e. The largest absolute Gasteiger partial charge is 0.441 e. The molecule has 0 aliphatic heterocycles. The zero-order valence-electron chi connectivity index (χ0n) is 18.4. The van der Waals surface area contributed by atoms with Crippen LogP contribution in [0.2, 0.25) is 38.3 Å². The predicted molar refractivity (Wildman–Crippen MR) is 120 cm³/mol. The van der Waals surface area contributed by atoms with Gasteiger partial charge in [-0.05, 0) is 58.0 Å². The molecule has 0 aromatic rings. The minimum Gasteiger partial charge on any atom is -0.441 e. The van der Waals surface area contributed by atoms with Crippen LogP contribution in [0.4, 0.5) is 0 Å². The van der Waals surface area contributed by atoms with Crippen molar-refractivity contribution in [2.45, 2.75) is 71.9 Å². The molecule has 0 atom stereocenters. The third-order valence-electron chi connectivity index (χ3n) is 4.31. The summed E-state index contributed by atoms with van der Waals surface area (Å²) in [4.78, 5) is 23.0. The molecule has 0 aliphatic rings. The third kappa shape index (κ3) is 14.0. The van der Waals surface area contributed by atoms with Crippen LogP contribution in [0.3, 0.4) is 0 Å². The van der Waals surface area contributed by atoms with Gasteiger partial charge in [0.25, 0.3) is 10.0 Å². The average molecular weight is 433 g/mol. The Morgan fingerprint density at radius 3 is 1.81 bits per heavy atom. The van der Waals surface area contributed by atoms with Crippen molar-refractivity contribution in [1.82, 2.24) is 10.6 Å². The lowest BCUT2D eigenvalue weighted by Crippen LogP contribution is -2.39. The third-order valence-corrected chi connectivity index (χ3v) is 14.6. The molecule has 0 saturated carbocycles. The van der Waals surface area contributed by atoms with E-state index in [1.54, 1.807) is 6.92 Å². The number of nitrogens with one attached hydrogen (secondary N) is 2. The van der Waals surface area contributed by atoms with Gasteiger partial charge in [0.05, 0.1) is 0 Å². The number of rotatable bonds is 14. The molecule has 0 saturated heterocycles. The molecule has 2 amide bonds. The van der Waals surface area contributed by atoms with Crippen molar-refractivity contribution in [3.8, 4) is 0 Å². The Kier molecular flexibility index (Phi) is 12.3. The van der Waals surface area contributed by atoms with Crippen LogP contribution in [-0.2, 0) is 17.8 Å². The summed E-state index contributed by atoms with van der Waals surface area (Å²) in [6, 6.07) is 2.03. The molecule has 0 rings (SSSR count). The maximum absolute atomic E-state index is 11.6. The van der Waals surface area contributed by atoms with Crippen LogP contribution >= 0.6 is 0 Å². The fourth-order valence-corrected chi connectivity index (χ4v) is 8.82. The van der Waals surface area contributed by atoms with Gasteiger partial charge in [-0.1, -0.05) is 20.4 Å². The summed E-state index contributed by atoms with van der Waals surface area (Å²) in [5.41, 5.74) is 0.541. The fraction of sp³-hybridized carbons (Fsp3) is 0.778. The highest BCUT2D eigenvalue weighted by molar-refractivity contribution is 6.78. The molecule has 0 aliphatic carbocycles. The molecule has 2 N–H and O–H groups in total. The van der Waals surface area contributed by atoms with Crippen molar-refractivity contribution in [3.63, 3.8) is 0 Å². The normalized spacial score (nSPS) is 12.6. The lowest BCUT2D eigenvalue weighted by Gasteiger charge is -2.28. The van der Waals surface area contributed by atoms with E-state index in [4.69, 9.17) is 8.23 Å². The van der Waals surface area contributed by atoms with Crippen LogP contribution in [0.5, 0.6) is 0 Å². The first-order valence-corrected chi connectivity index (χ1v) is 17.2. The number of hydrogen-bond acceptors (Lipinski definition) is 4. The Hall–Kier alpha value is -0.749. The van der Waals surface area contributed by atoms with Crippen LogP contribution in [0, 0.1) is 5.92 Å². The molecule has 0 fully saturated rings. The van der Waals surface area contributed by atoms with Crippen LogP contribution in [-0.4, -0.2) is 51.5 Å². The van der Waals surface area contributed by atoms with Gasteiger partial charge in [0.1, 0.15) is 0 Å². The second-order valence-corrected chi connectivity index (χ2v) is 19.2. The van der Waals surface area contributed by atoms with Gasteiger partial charge in [-0.25, -0.2) is 0 Å². The molecular formula is C18H40N2O4Si3. The summed E-state index contributed by atoms with van der Waals surface area (Å²) in [5.74, 6) is 0.0688. The van der Waals surface area contributed by atoms with Gasteiger partial charge in [0, 0.05) is 24.6 Å². The molecule has 27 heavy (non-hydrogen) atoms. The maximum Gasteiger partial charge on any atom is 0.283 e. The molecule has 0 radical (unpaired) electrons.